The van der Waals surface area contributed by atoms with E-state index in [4.69, 9.17) is 4.74 Å². The molecule has 0 unspecified atom stereocenters. The van der Waals surface area contributed by atoms with Crippen molar-refractivity contribution in [2.45, 2.75) is 27.2 Å². The van der Waals surface area contributed by atoms with Gasteiger partial charge in [-0.15, -0.1) is 0 Å². The maximum Gasteiger partial charge on any atom is 0.302 e. The minimum atomic E-state index is -0.557. The van der Waals surface area contributed by atoms with Crippen LogP contribution in [-0.4, -0.2) is 27.8 Å². The average molecular weight is 374 g/mol. The van der Waals surface area contributed by atoms with Crippen molar-refractivity contribution in [2.75, 3.05) is 11.9 Å². The number of nitro groups is 1. The number of ether oxygens (including phenoxy) is 1. The number of non-ortho nitro benzene ring substituents is 1. The van der Waals surface area contributed by atoms with Gasteiger partial charge in [-0.25, -0.2) is 4.63 Å². The zero-order valence-corrected chi connectivity index (χ0v) is 15.5. The Kier molecular flexibility index (Phi) is 8.37. The molecule has 0 amide bonds. The van der Waals surface area contributed by atoms with E-state index in [2.05, 4.69) is 33.4 Å². The molecule has 1 N–H and O–H groups in total. The number of hydrogen-bond acceptors (Lipinski definition) is 8. The fraction of sp³-hybridized carbons (Fsp3) is 0.278. The van der Waals surface area contributed by atoms with Gasteiger partial charge in [0.25, 0.3) is 0 Å². The van der Waals surface area contributed by atoms with Gasteiger partial charge in [-0.05, 0) is 22.5 Å². The summed E-state index contributed by atoms with van der Waals surface area (Å²) in [5.41, 5.74) is 1.83. The van der Waals surface area contributed by atoms with Gasteiger partial charge in [-0.2, -0.15) is 0 Å². The molecule has 1 aromatic carbocycles. The molecule has 9 nitrogen and oxygen atoms in total. The van der Waals surface area contributed by atoms with Gasteiger partial charge in [0.1, 0.15) is 0 Å². The van der Waals surface area contributed by atoms with E-state index in [0.717, 1.165) is 5.57 Å². The SMILES string of the molecule is C=C(/C=C\C(=C)Nc1ccc([N+](=O)[O-])c2nonc12)CCOC(C)=O.CC. The molecule has 0 aliphatic heterocycles. The van der Waals surface area contributed by atoms with Crippen molar-refractivity contribution in [3.05, 3.63) is 58.8 Å². The number of aromatic nitrogens is 2. The average Bonchev–Trinajstić information content (AvgIpc) is 3.11. The number of nitrogens with one attached hydrogen (secondary N) is 1. The van der Waals surface area contributed by atoms with Crippen LogP contribution in [0.1, 0.15) is 27.2 Å². The highest BCUT2D eigenvalue weighted by molar-refractivity contribution is 5.94. The molecule has 0 spiro atoms. The minimum absolute atomic E-state index is 0.0533. The number of carbonyl (C=O) groups is 1. The number of allylic oxidation sites excluding steroid dienone is 2. The molecule has 0 fully saturated rings. The van der Waals surface area contributed by atoms with Gasteiger partial charge in [-0.1, -0.05) is 38.7 Å². The van der Waals surface area contributed by atoms with Gasteiger partial charge in [0, 0.05) is 25.1 Å². The Hall–Kier alpha value is -3.49. The number of anilines is 1. The second-order valence-corrected chi connectivity index (χ2v) is 5.08. The Balaban J connectivity index is 0.00000176. The first-order valence-corrected chi connectivity index (χ1v) is 8.23. The van der Waals surface area contributed by atoms with Gasteiger partial charge in [0.05, 0.1) is 17.2 Å². The summed E-state index contributed by atoms with van der Waals surface area (Å²) in [5.74, 6) is -0.341. The second-order valence-electron chi connectivity index (χ2n) is 5.08. The lowest BCUT2D eigenvalue weighted by atomic mass is 10.2. The molecular weight excluding hydrogens is 352 g/mol. The highest BCUT2D eigenvalue weighted by Gasteiger charge is 2.19. The first kappa shape index (κ1) is 21.6. The van der Waals surface area contributed by atoms with Crippen LogP contribution in [0.25, 0.3) is 11.0 Å². The first-order valence-electron chi connectivity index (χ1n) is 8.23. The lowest BCUT2D eigenvalue weighted by molar-refractivity contribution is -0.383. The standard InChI is InChI=1S/C16H16N4O5.C2H6/c1-10(8-9-24-12(3)21)4-5-11(2)17-13-6-7-14(20(22)23)16-15(13)18-25-19-16;1-2/h4-7,17H,1-2,8-9H2,3H3;1-2H3/b5-4-;. The van der Waals surface area contributed by atoms with E-state index in [9.17, 15) is 14.9 Å². The molecule has 27 heavy (non-hydrogen) atoms. The number of hydrogen-bond donors (Lipinski definition) is 1. The van der Waals surface area contributed by atoms with Crippen molar-refractivity contribution >= 4 is 28.4 Å². The maximum absolute atomic E-state index is 11.0. The summed E-state index contributed by atoms with van der Waals surface area (Å²) in [4.78, 5) is 21.1. The summed E-state index contributed by atoms with van der Waals surface area (Å²) in [7, 11) is 0. The van der Waals surface area contributed by atoms with E-state index in [-0.39, 0.29) is 29.3 Å². The summed E-state index contributed by atoms with van der Waals surface area (Å²) in [6.45, 7) is 13.3. The molecule has 2 rings (SSSR count). The topological polar surface area (TPSA) is 120 Å². The van der Waals surface area contributed by atoms with Crippen LogP contribution in [0.2, 0.25) is 0 Å². The van der Waals surface area contributed by atoms with E-state index in [1.807, 2.05) is 13.8 Å². The number of esters is 1. The largest absolute Gasteiger partial charge is 0.466 e. The summed E-state index contributed by atoms with van der Waals surface area (Å²) < 4.78 is 9.42. The quantitative estimate of drug-likeness (QED) is 0.317. The molecule has 0 aliphatic rings. The van der Waals surface area contributed by atoms with Gasteiger partial charge in [0.2, 0.25) is 5.52 Å². The third kappa shape index (κ3) is 6.38. The Morgan fingerprint density at radius 2 is 1.96 bits per heavy atom. The summed E-state index contributed by atoms with van der Waals surface area (Å²) >= 11 is 0. The molecule has 0 bridgehead atoms. The molecule has 1 aromatic heterocycles. The van der Waals surface area contributed by atoms with Crippen LogP contribution in [0.5, 0.6) is 0 Å². The van der Waals surface area contributed by atoms with Crippen molar-refractivity contribution in [1.82, 2.24) is 10.3 Å². The molecule has 0 atom stereocenters. The minimum Gasteiger partial charge on any atom is -0.466 e. The fourth-order valence-corrected chi connectivity index (χ4v) is 1.94. The Morgan fingerprint density at radius 3 is 2.59 bits per heavy atom. The van der Waals surface area contributed by atoms with Crippen LogP contribution < -0.4 is 5.32 Å². The Bertz CT molecular complexity index is 870. The molecular formula is C18H22N4O5. The molecule has 1 heterocycles. The molecule has 144 valence electrons. The number of nitrogens with zero attached hydrogens (tertiary/aromatic N) is 3. The van der Waals surface area contributed by atoms with Crippen LogP contribution in [0, 0.1) is 10.1 Å². The molecule has 9 heteroatoms. The number of rotatable bonds is 8. The maximum atomic E-state index is 11.0. The summed E-state index contributed by atoms with van der Waals surface area (Å²) in [6, 6.07) is 2.81. The number of benzene rings is 1. The summed E-state index contributed by atoms with van der Waals surface area (Å²) in [5, 5.41) is 21.2. The van der Waals surface area contributed by atoms with Crippen molar-refractivity contribution in [2.24, 2.45) is 0 Å². The van der Waals surface area contributed by atoms with Crippen LogP contribution in [0.3, 0.4) is 0 Å². The molecule has 0 radical (unpaired) electrons. The van der Waals surface area contributed by atoms with E-state index in [1.54, 1.807) is 12.2 Å². The lowest BCUT2D eigenvalue weighted by Gasteiger charge is -2.06. The third-order valence-corrected chi connectivity index (χ3v) is 3.13. The monoisotopic (exact) mass is 374 g/mol. The normalized spacial score (nSPS) is 10.2. The number of nitro benzene ring substituents is 1. The van der Waals surface area contributed by atoms with Crippen molar-refractivity contribution < 1.29 is 19.1 Å². The van der Waals surface area contributed by atoms with E-state index < -0.39 is 4.92 Å². The molecule has 0 saturated carbocycles. The summed E-state index contributed by atoms with van der Waals surface area (Å²) in [6.07, 6.45) is 3.90. The van der Waals surface area contributed by atoms with Gasteiger partial charge in [-0.3, -0.25) is 14.9 Å². The Labute approximate surface area is 156 Å². The molecule has 2 aromatic rings. The van der Waals surface area contributed by atoms with Gasteiger partial charge in [0.15, 0.2) is 5.52 Å². The predicted octanol–water partition coefficient (Wildman–Crippen LogP) is 4.15. The van der Waals surface area contributed by atoms with Crippen LogP contribution in [0.4, 0.5) is 11.4 Å². The van der Waals surface area contributed by atoms with E-state index in [0.29, 0.717) is 17.8 Å². The highest BCUT2D eigenvalue weighted by Crippen LogP contribution is 2.29. The van der Waals surface area contributed by atoms with Crippen LogP contribution >= 0.6 is 0 Å². The number of carbonyl (C=O) groups excluding carboxylic acids is 1. The van der Waals surface area contributed by atoms with Gasteiger partial charge >= 0.3 is 11.7 Å². The Morgan fingerprint density at radius 1 is 1.30 bits per heavy atom. The van der Waals surface area contributed by atoms with Crippen LogP contribution in [-0.2, 0) is 9.53 Å². The first-order chi connectivity index (χ1) is 12.9. The molecule has 0 saturated heterocycles. The third-order valence-electron chi connectivity index (χ3n) is 3.13. The van der Waals surface area contributed by atoms with Crippen molar-refractivity contribution in [3.8, 4) is 0 Å². The van der Waals surface area contributed by atoms with Crippen molar-refractivity contribution in [1.29, 1.82) is 0 Å². The van der Waals surface area contributed by atoms with E-state index in [1.165, 1.54) is 19.1 Å². The smallest absolute Gasteiger partial charge is 0.302 e. The van der Waals surface area contributed by atoms with E-state index >= 15 is 0 Å². The lowest BCUT2D eigenvalue weighted by Crippen LogP contribution is -2.01. The predicted molar refractivity (Wildman–Crippen MR) is 102 cm³/mol. The highest BCUT2D eigenvalue weighted by atomic mass is 16.6. The molecule has 0 aliphatic carbocycles. The fourth-order valence-electron chi connectivity index (χ4n) is 1.94. The number of fused-ring (bicyclic) bond motifs is 1. The van der Waals surface area contributed by atoms with Crippen molar-refractivity contribution in [3.63, 3.8) is 0 Å². The van der Waals surface area contributed by atoms with Crippen LogP contribution in [0.15, 0.2) is 53.3 Å². The zero-order chi connectivity index (χ0) is 20.4. The zero-order valence-electron chi connectivity index (χ0n) is 15.5. The second kappa shape index (κ2) is 10.5. The van der Waals surface area contributed by atoms with Gasteiger partial charge < -0.3 is 10.1 Å².